The number of aliphatic hydroxyl groups is 1. The second kappa shape index (κ2) is 5.64. The van der Waals surface area contributed by atoms with E-state index in [2.05, 4.69) is 9.05 Å². The minimum Gasteiger partial charge on any atom is -0.396 e. The molecule has 0 bridgehead atoms. The molecule has 3 N–H and O–H groups in total. The van der Waals surface area contributed by atoms with Gasteiger partial charge in [0.05, 0.1) is 0 Å². The number of hydrogen-bond acceptors (Lipinski definition) is 6. The molecule has 0 saturated heterocycles. The SMILES string of the molecule is COP(=O)(OC)OC(N)CCO. The van der Waals surface area contributed by atoms with Crippen LogP contribution in [0.15, 0.2) is 0 Å². The summed E-state index contributed by atoms with van der Waals surface area (Å²) in [7, 11) is -1.12. The lowest BCUT2D eigenvalue weighted by Gasteiger charge is -2.17. The quantitative estimate of drug-likeness (QED) is 0.464. The van der Waals surface area contributed by atoms with E-state index >= 15 is 0 Å². The lowest BCUT2D eigenvalue weighted by Crippen LogP contribution is -2.24. The zero-order chi connectivity index (χ0) is 9.61. The fourth-order valence-corrected chi connectivity index (χ4v) is 1.26. The van der Waals surface area contributed by atoms with Gasteiger partial charge in [0.15, 0.2) is 0 Å². The predicted molar refractivity (Wildman–Crippen MR) is 42.4 cm³/mol. The number of phosphoric acid groups is 1. The van der Waals surface area contributed by atoms with E-state index in [1.54, 1.807) is 0 Å². The Hall–Kier alpha value is 0.0300. The highest BCUT2D eigenvalue weighted by molar-refractivity contribution is 7.48. The molecule has 0 aromatic carbocycles. The van der Waals surface area contributed by atoms with Gasteiger partial charge in [0.1, 0.15) is 6.23 Å². The summed E-state index contributed by atoms with van der Waals surface area (Å²) in [6, 6.07) is 0. The van der Waals surface area contributed by atoms with Crippen molar-refractivity contribution in [1.29, 1.82) is 0 Å². The van der Waals surface area contributed by atoms with Crippen LogP contribution in [0.5, 0.6) is 0 Å². The number of nitrogens with two attached hydrogens (primary N) is 1. The third-order valence-corrected chi connectivity index (χ3v) is 2.55. The first-order valence-corrected chi connectivity index (χ1v) is 4.80. The molecular weight excluding hydrogens is 185 g/mol. The van der Waals surface area contributed by atoms with Crippen LogP contribution in [-0.4, -0.2) is 32.2 Å². The average molecular weight is 199 g/mol. The molecule has 1 unspecified atom stereocenters. The van der Waals surface area contributed by atoms with Gasteiger partial charge in [-0.1, -0.05) is 0 Å². The van der Waals surface area contributed by atoms with Crippen LogP contribution in [0, 0.1) is 0 Å². The topological polar surface area (TPSA) is 91.0 Å². The Morgan fingerprint density at radius 1 is 1.50 bits per heavy atom. The van der Waals surface area contributed by atoms with Crippen molar-refractivity contribution in [2.45, 2.75) is 12.6 Å². The second-order valence-electron chi connectivity index (χ2n) is 1.97. The van der Waals surface area contributed by atoms with Crippen molar-refractivity contribution in [3.05, 3.63) is 0 Å². The molecule has 0 aromatic rings. The zero-order valence-electron chi connectivity index (χ0n) is 7.10. The van der Waals surface area contributed by atoms with E-state index in [0.29, 0.717) is 0 Å². The van der Waals surface area contributed by atoms with Crippen LogP contribution in [-0.2, 0) is 18.1 Å². The average Bonchev–Trinajstić information content (AvgIpc) is 2.05. The van der Waals surface area contributed by atoms with E-state index in [9.17, 15) is 4.57 Å². The van der Waals surface area contributed by atoms with Crippen molar-refractivity contribution in [3.63, 3.8) is 0 Å². The molecule has 0 rings (SSSR count). The molecule has 0 heterocycles. The molecule has 12 heavy (non-hydrogen) atoms. The van der Waals surface area contributed by atoms with E-state index < -0.39 is 14.1 Å². The van der Waals surface area contributed by atoms with E-state index in [0.717, 1.165) is 0 Å². The lowest BCUT2D eigenvalue weighted by atomic mass is 10.4. The highest BCUT2D eigenvalue weighted by Crippen LogP contribution is 2.48. The Balaban J connectivity index is 3.94. The fourth-order valence-electron chi connectivity index (χ4n) is 0.506. The third-order valence-electron chi connectivity index (χ3n) is 1.13. The molecule has 0 aromatic heterocycles. The number of aliphatic hydroxyl groups excluding tert-OH is 1. The second-order valence-corrected chi connectivity index (χ2v) is 3.80. The molecule has 1 atom stereocenters. The molecule has 0 aliphatic carbocycles. The molecule has 7 heteroatoms. The Bertz CT molecular complexity index is 156. The maximum absolute atomic E-state index is 11.2. The molecule has 0 aliphatic heterocycles. The van der Waals surface area contributed by atoms with Crippen molar-refractivity contribution in [3.8, 4) is 0 Å². The number of hydrogen-bond donors (Lipinski definition) is 2. The minimum absolute atomic E-state index is 0.144. The maximum Gasteiger partial charge on any atom is 0.475 e. The summed E-state index contributed by atoms with van der Waals surface area (Å²) in [5, 5.41) is 8.45. The number of rotatable bonds is 6. The molecule has 0 saturated carbocycles. The summed E-state index contributed by atoms with van der Waals surface area (Å²) < 4.78 is 24.8. The first-order chi connectivity index (χ1) is 5.58. The van der Waals surface area contributed by atoms with Crippen LogP contribution in [0.25, 0.3) is 0 Å². The van der Waals surface area contributed by atoms with Crippen LogP contribution >= 0.6 is 7.82 Å². The molecule has 6 nitrogen and oxygen atoms in total. The summed E-state index contributed by atoms with van der Waals surface area (Å²) in [5.41, 5.74) is 5.31. The summed E-state index contributed by atoms with van der Waals surface area (Å²) in [4.78, 5) is 0. The minimum atomic E-state index is -3.50. The van der Waals surface area contributed by atoms with Gasteiger partial charge in [-0.25, -0.2) is 4.57 Å². The van der Waals surface area contributed by atoms with Crippen LogP contribution in [0.4, 0.5) is 0 Å². The first-order valence-electron chi connectivity index (χ1n) is 3.34. The molecule has 0 spiro atoms. The van der Waals surface area contributed by atoms with E-state index in [-0.39, 0.29) is 13.0 Å². The van der Waals surface area contributed by atoms with Crippen molar-refractivity contribution in [1.82, 2.24) is 0 Å². The zero-order valence-corrected chi connectivity index (χ0v) is 7.99. The molecule has 0 aliphatic rings. The monoisotopic (exact) mass is 199 g/mol. The fraction of sp³-hybridized carbons (Fsp3) is 1.00. The van der Waals surface area contributed by atoms with Crippen LogP contribution in [0.1, 0.15) is 6.42 Å². The van der Waals surface area contributed by atoms with Crippen molar-refractivity contribution in [2.24, 2.45) is 5.73 Å². The molecule has 74 valence electrons. The van der Waals surface area contributed by atoms with Gasteiger partial charge in [-0.3, -0.25) is 13.6 Å². The molecule has 0 radical (unpaired) electrons. The predicted octanol–water partition coefficient (Wildman–Crippen LogP) is 0.0711. The van der Waals surface area contributed by atoms with Crippen LogP contribution in [0.2, 0.25) is 0 Å². The van der Waals surface area contributed by atoms with Crippen LogP contribution < -0.4 is 5.73 Å². The van der Waals surface area contributed by atoms with Gasteiger partial charge in [-0.2, -0.15) is 0 Å². The highest BCUT2D eigenvalue weighted by atomic mass is 31.2. The van der Waals surface area contributed by atoms with Gasteiger partial charge in [0.2, 0.25) is 0 Å². The lowest BCUT2D eigenvalue weighted by molar-refractivity contribution is 0.0910. The van der Waals surface area contributed by atoms with Gasteiger partial charge >= 0.3 is 7.82 Å². The Morgan fingerprint density at radius 2 is 2.00 bits per heavy atom. The summed E-state index contributed by atoms with van der Waals surface area (Å²) in [6.07, 6.45) is -0.669. The smallest absolute Gasteiger partial charge is 0.396 e. The summed E-state index contributed by atoms with van der Waals surface area (Å²) in [6.45, 7) is -0.144. The Kier molecular flexibility index (Phi) is 5.65. The van der Waals surface area contributed by atoms with Crippen molar-refractivity contribution < 1.29 is 23.2 Å². The highest BCUT2D eigenvalue weighted by Gasteiger charge is 2.25. The van der Waals surface area contributed by atoms with Gasteiger partial charge in [-0.15, -0.1) is 0 Å². The van der Waals surface area contributed by atoms with Gasteiger partial charge < -0.3 is 10.8 Å². The third kappa shape index (κ3) is 4.15. The van der Waals surface area contributed by atoms with Gasteiger partial charge in [-0.05, 0) is 0 Å². The first kappa shape index (κ1) is 12.0. The maximum atomic E-state index is 11.2. The van der Waals surface area contributed by atoms with Crippen LogP contribution in [0.3, 0.4) is 0 Å². The molecule has 0 amide bonds. The Morgan fingerprint density at radius 3 is 2.33 bits per heavy atom. The molecular formula is C5H14NO5P. The summed E-state index contributed by atoms with van der Waals surface area (Å²) >= 11 is 0. The Labute approximate surface area is 71.2 Å². The summed E-state index contributed by atoms with van der Waals surface area (Å²) in [5.74, 6) is 0. The van der Waals surface area contributed by atoms with Gasteiger partial charge in [0.25, 0.3) is 0 Å². The number of phosphoric ester groups is 1. The normalized spacial score (nSPS) is 14.7. The van der Waals surface area contributed by atoms with Crippen molar-refractivity contribution >= 4 is 7.82 Å². The standard InChI is InChI=1S/C5H14NO5P/c1-9-12(8,10-2)11-5(6)3-4-7/h5,7H,3-4,6H2,1-2H3. The molecule has 0 fully saturated rings. The van der Waals surface area contributed by atoms with E-state index in [1.165, 1.54) is 14.2 Å². The largest absolute Gasteiger partial charge is 0.475 e. The van der Waals surface area contributed by atoms with E-state index in [1.807, 2.05) is 0 Å². The van der Waals surface area contributed by atoms with E-state index in [4.69, 9.17) is 15.4 Å². The van der Waals surface area contributed by atoms with Crippen molar-refractivity contribution in [2.75, 3.05) is 20.8 Å². The van der Waals surface area contributed by atoms with Gasteiger partial charge in [0, 0.05) is 27.2 Å².